The van der Waals surface area contributed by atoms with Crippen molar-refractivity contribution >= 4 is 33.1 Å². The first-order valence-electron chi connectivity index (χ1n) is 9.51. The van der Waals surface area contributed by atoms with Crippen molar-refractivity contribution in [3.05, 3.63) is 56.4 Å². The number of benzene rings is 1. The van der Waals surface area contributed by atoms with Gasteiger partial charge < -0.3 is 5.32 Å². The van der Waals surface area contributed by atoms with E-state index < -0.39 is 0 Å². The van der Waals surface area contributed by atoms with Crippen molar-refractivity contribution in [2.45, 2.75) is 52.5 Å². The minimum Gasteiger partial charge on any atom is -0.321 e. The molecular weight excluding hydrogens is 358 g/mol. The van der Waals surface area contributed by atoms with Gasteiger partial charge in [-0.15, -0.1) is 11.3 Å². The van der Waals surface area contributed by atoms with Crippen molar-refractivity contribution in [1.29, 1.82) is 0 Å². The number of carbonyl (C=O) groups is 1. The van der Waals surface area contributed by atoms with Crippen LogP contribution in [0.15, 0.2) is 29.1 Å². The monoisotopic (exact) mass is 381 g/mol. The Bertz CT molecular complexity index is 1080. The molecule has 0 fully saturated rings. The standard InChI is InChI=1S/C21H23N3O2S/c1-3-14-8-7-9-15(12-14)22-19(25)18-13(2)17-20(27-18)23-16-10-5-4-6-11-24(16)21(17)26/h7-9,12H,3-6,10-11H2,1-2H3,(H,22,25). The van der Waals surface area contributed by atoms with E-state index in [9.17, 15) is 9.59 Å². The maximum atomic E-state index is 13.0. The second kappa shape index (κ2) is 7.27. The van der Waals surface area contributed by atoms with E-state index in [1.807, 2.05) is 35.8 Å². The number of aryl methyl sites for hydroxylation is 3. The number of aromatic nitrogens is 2. The Balaban J connectivity index is 1.74. The van der Waals surface area contributed by atoms with Crippen LogP contribution >= 0.6 is 11.3 Å². The molecule has 0 atom stereocenters. The molecule has 0 saturated carbocycles. The summed E-state index contributed by atoms with van der Waals surface area (Å²) in [5.74, 6) is 0.678. The molecule has 0 aliphatic carbocycles. The van der Waals surface area contributed by atoms with Gasteiger partial charge in [0.25, 0.3) is 11.5 Å². The van der Waals surface area contributed by atoms with Gasteiger partial charge >= 0.3 is 0 Å². The Morgan fingerprint density at radius 2 is 2.15 bits per heavy atom. The number of carbonyl (C=O) groups excluding carboxylic acids is 1. The summed E-state index contributed by atoms with van der Waals surface area (Å²) in [4.78, 5) is 31.9. The summed E-state index contributed by atoms with van der Waals surface area (Å²) in [7, 11) is 0. The van der Waals surface area contributed by atoms with Crippen LogP contribution in [0.4, 0.5) is 5.69 Å². The van der Waals surface area contributed by atoms with Crippen molar-refractivity contribution in [3.63, 3.8) is 0 Å². The molecule has 6 heteroatoms. The molecule has 1 aliphatic heterocycles. The molecule has 140 valence electrons. The molecule has 5 nitrogen and oxygen atoms in total. The number of nitrogens with one attached hydrogen (secondary N) is 1. The number of thiophene rings is 1. The number of rotatable bonds is 3. The van der Waals surface area contributed by atoms with Gasteiger partial charge in [-0.2, -0.15) is 0 Å². The van der Waals surface area contributed by atoms with E-state index in [1.54, 1.807) is 0 Å². The van der Waals surface area contributed by atoms with Crippen molar-refractivity contribution in [1.82, 2.24) is 9.55 Å². The first kappa shape index (κ1) is 17.9. The topological polar surface area (TPSA) is 64.0 Å². The lowest BCUT2D eigenvalue weighted by Crippen LogP contribution is -2.24. The summed E-state index contributed by atoms with van der Waals surface area (Å²) in [5, 5.41) is 3.56. The lowest BCUT2D eigenvalue weighted by Gasteiger charge is -2.08. The third-order valence-electron chi connectivity index (χ3n) is 5.21. The van der Waals surface area contributed by atoms with Crippen LogP contribution in [0.25, 0.3) is 10.2 Å². The van der Waals surface area contributed by atoms with Crippen LogP contribution in [-0.4, -0.2) is 15.5 Å². The fourth-order valence-electron chi connectivity index (χ4n) is 3.68. The normalized spacial score (nSPS) is 14.0. The zero-order valence-corrected chi connectivity index (χ0v) is 16.5. The number of fused-ring (bicyclic) bond motifs is 2. The molecule has 3 aromatic rings. The second-order valence-corrected chi connectivity index (χ2v) is 8.04. The van der Waals surface area contributed by atoms with Gasteiger partial charge in [0.15, 0.2) is 0 Å². The first-order valence-corrected chi connectivity index (χ1v) is 10.3. The number of nitrogens with zero attached hydrogens (tertiary/aromatic N) is 2. The van der Waals surface area contributed by atoms with Gasteiger partial charge in [0.1, 0.15) is 10.7 Å². The molecule has 0 radical (unpaired) electrons. The predicted octanol–water partition coefficient (Wildman–Crippen LogP) is 4.31. The Kier molecular flexibility index (Phi) is 4.83. The zero-order valence-electron chi connectivity index (χ0n) is 15.7. The van der Waals surface area contributed by atoms with E-state index >= 15 is 0 Å². The smallest absolute Gasteiger partial charge is 0.266 e. The van der Waals surface area contributed by atoms with E-state index in [1.165, 1.54) is 16.9 Å². The molecule has 0 unspecified atom stereocenters. The van der Waals surface area contributed by atoms with Crippen molar-refractivity contribution in [3.8, 4) is 0 Å². The number of hydrogen-bond donors (Lipinski definition) is 1. The predicted molar refractivity (Wildman–Crippen MR) is 110 cm³/mol. The van der Waals surface area contributed by atoms with Gasteiger partial charge in [0, 0.05) is 18.7 Å². The average Bonchev–Trinajstić information content (AvgIpc) is 2.84. The van der Waals surface area contributed by atoms with E-state index in [0.29, 0.717) is 15.1 Å². The summed E-state index contributed by atoms with van der Waals surface area (Å²) in [6.45, 7) is 4.65. The summed E-state index contributed by atoms with van der Waals surface area (Å²) < 4.78 is 1.81. The second-order valence-electron chi connectivity index (χ2n) is 7.04. The quantitative estimate of drug-likeness (QED) is 0.735. The molecule has 3 heterocycles. The van der Waals surface area contributed by atoms with Crippen LogP contribution < -0.4 is 10.9 Å². The Morgan fingerprint density at radius 1 is 1.30 bits per heavy atom. The van der Waals surface area contributed by atoms with Crippen molar-refractivity contribution < 1.29 is 4.79 Å². The highest BCUT2D eigenvalue weighted by Crippen LogP contribution is 2.29. The van der Waals surface area contributed by atoms with Gasteiger partial charge in [0.2, 0.25) is 0 Å². The van der Waals surface area contributed by atoms with Crippen LogP contribution in [0.5, 0.6) is 0 Å². The molecule has 1 aliphatic rings. The fraction of sp³-hybridized carbons (Fsp3) is 0.381. The highest BCUT2D eigenvalue weighted by atomic mass is 32.1. The SMILES string of the molecule is CCc1cccc(NC(=O)c2sc3nc4n(c(=O)c3c2C)CCCCC4)c1. The molecule has 0 saturated heterocycles. The van der Waals surface area contributed by atoms with E-state index in [2.05, 4.69) is 12.2 Å². The van der Waals surface area contributed by atoms with Crippen LogP contribution in [0.1, 0.15) is 52.8 Å². The maximum absolute atomic E-state index is 13.0. The molecule has 0 bridgehead atoms. The minimum absolute atomic E-state index is 0.00215. The highest BCUT2D eigenvalue weighted by molar-refractivity contribution is 7.20. The molecule has 1 aromatic carbocycles. The Hall–Kier alpha value is -2.47. The third kappa shape index (κ3) is 3.30. The molecule has 4 rings (SSSR count). The Labute approximate surface area is 162 Å². The minimum atomic E-state index is -0.177. The zero-order chi connectivity index (χ0) is 19.0. The van der Waals surface area contributed by atoms with Crippen LogP contribution in [0.2, 0.25) is 0 Å². The van der Waals surface area contributed by atoms with Crippen LogP contribution in [0.3, 0.4) is 0 Å². The van der Waals surface area contributed by atoms with Crippen molar-refractivity contribution in [2.24, 2.45) is 0 Å². The number of amides is 1. The van der Waals surface area contributed by atoms with Gasteiger partial charge in [-0.05, 0) is 49.4 Å². The fourth-order valence-corrected chi connectivity index (χ4v) is 4.77. The number of hydrogen-bond acceptors (Lipinski definition) is 4. The van der Waals surface area contributed by atoms with Crippen LogP contribution in [-0.2, 0) is 19.4 Å². The molecule has 1 amide bonds. The van der Waals surface area contributed by atoms with Gasteiger partial charge in [0.05, 0.1) is 10.3 Å². The lowest BCUT2D eigenvalue weighted by atomic mass is 10.1. The summed E-state index contributed by atoms with van der Waals surface area (Å²) in [6.07, 6.45) is 4.93. The summed E-state index contributed by atoms with van der Waals surface area (Å²) in [6, 6.07) is 7.85. The molecule has 27 heavy (non-hydrogen) atoms. The number of anilines is 1. The third-order valence-corrected chi connectivity index (χ3v) is 6.40. The molecule has 0 spiro atoms. The Morgan fingerprint density at radius 3 is 2.96 bits per heavy atom. The largest absolute Gasteiger partial charge is 0.321 e. The average molecular weight is 382 g/mol. The van der Waals surface area contributed by atoms with Gasteiger partial charge in [-0.3, -0.25) is 14.2 Å². The molecular formula is C21H23N3O2S. The van der Waals surface area contributed by atoms with Gasteiger partial charge in [-0.25, -0.2) is 4.98 Å². The highest BCUT2D eigenvalue weighted by Gasteiger charge is 2.22. The maximum Gasteiger partial charge on any atom is 0.266 e. The molecule has 1 N–H and O–H groups in total. The van der Waals surface area contributed by atoms with Gasteiger partial charge in [-0.1, -0.05) is 25.5 Å². The first-order chi connectivity index (χ1) is 13.1. The van der Waals surface area contributed by atoms with E-state index in [4.69, 9.17) is 4.98 Å². The van der Waals surface area contributed by atoms with Crippen LogP contribution in [0, 0.1) is 6.92 Å². The van der Waals surface area contributed by atoms with E-state index in [0.717, 1.165) is 55.7 Å². The molecule has 2 aromatic heterocycles. The van der Waals surface area contributed by atoms with Crippen molar-refractivity contribution in [2.75, 3.05) is 5.32 Å². The van der Waals surface area contributed by atoms with E-state index in [-0.39, 0.29) is 11.5 Å². The summed E-state index contributed by atoms with van der Waals surface area (Å²) in [5.41, 5.74) is 2.68. The summed E-state index contributed by atoms with van der Waals surface area (Å²) >= 11 is 1.32. The lowest BCUT2D eigenvalue weighted by molar-refractivity contribution is 0.103.